The summed E-state index contributed by atoms with van der Waals surface area (Å²) < 4.78 is 32.6. The Labute approximate surface area is 215 Å². The first-order valence-corrected chi connectivity index (χ1v) is 12.7. The number of benzene rings is 2. The van der Waals surface area contributed by atoms with E-state index in [2.05, 4.69) is 17.2 Å². The fourth-order valence-electron chi connectivity index (χ4n) is 5.42. The fraction of sp³-hybridized carbons (Fsp3) is 0.429. The van der Waals surface area contributed by atoms with Gasteiger partial charge >= 0.3 is 0 Å². The summed E-state index contributed by atoms with van der Waals surface area (Å²) >= 11 is 0. The van der Waals surface area contributed by atoms with Crippen LogP contribution < -0.4 is 15.4 Å². The Bertz CT molecular complexity index is 1160. The van der Waals surface area contributed by atoms with Gasteiger partial charge in [-0.3, -0.25) is 14.5 Å². The quantitative estimate of drug-likeness (QED) is 0.570. The minimum Gasteiger partial charge on any atom is -0.487 e. The van der Waals surface area contributed by atoms with Crippen LogP contribution in [0.4, 0.5) is 8.78 Å². The molecule has 37 heavy (non-hydrogen) atoms. The molecule has 0 aliphatic carbocycles. The highest BCUT2D eigenvalue weighted by Crippen LogP contribution is 2.31. The molecule has 2 amide bonds. The molecule has 2 fully saturated rings. The maximum atomic E-state index is 13.1. The van der Waals surface area contributed by atoms with Crippen LogP contribution in [0.15, 0.2) is 60.8 Å². The number of carbonyl (C=O) groups excluding carboxylic acids is 2. The lowest BCUT2D eigenvalue weighted by Crippen LogP contribution is -2.55. The van der Waals surface area contributed by atoms with Gasteiger partial charge in [-0.25, -0.2) is 8.78 Å². The van der Waals surface area contributed by atoms with E-state index in [0.29, 0.717) is 62.5 Å². The van der Waals surface area contributed by atoms with Gasteiger partial charge in [0, 0.05) is 43.5 Å². The van der Waals surface area contributed by atoms with E-state index in [9.17, 15) is 18.4 Å². The molecule has 9 heteroatoms. The van der Waals surface area contributed by atoms with Crippen molar-refractivity contribution in [3.63, 3.8) is 0 Å². The van der Waals surface area contributed by atoms with Gasteiger partial charge in [0.15, 0.2) is 0 Å². The summed E-state index contributed by atoms with van der Waals surface area (Å²) in [5.41, 5.74) is 3.17. The number of allylic oxidation sites excluding steroid dienone is 1. The van der Waals surface area contributed by atoms with Crippen molar-refractivity contribution in [3.8, 4) is 5.75 Å². The van der Waals surface area contributed by atoms with Gasteiger partial charge in [-0.05, 0) is 48.6 Å². The summed E-state index contributed by atoms with van der Waals surface area (Å²) in [7, 11) is 0. The van der Waals surface area contributed by atoms with Gasteiger partial charge in [0.2, 0.25) is 5.91 Å². The van der Waals surface area contributed by atoms with Crippen molar-refractivity contribution in [2.45, 2.75) is 57.0 Å². The molecule has 196 valence electrons. The van der Waals surface area contributed by atoms with Crippen molar-refractivity contribution >= 4 is 11.8 Å². The molecule has 0 spiro atoms. The maximum Gasteiger partial charge on any atom is 0.255 e. The van der Waals surface area contributed by atoms with Crippen LogP contribution in [0, 0.1) is 0 Å². The lowest BCUT2D eigenvalue weighted by molar-refractivity contribution is -0.126. The topological polar surface area (TPSA) is 73.9 Å². The highest BCUT2D eigenvalue weighted by atomic mass is 19.3. The number of piperidine rings is 2. The van der Waals surface area contributed by atoms with E-state index in [1.54, 1.807) is 21.9 Å². The number of ether oxygens (including phenoxy) is 1. The second-order valence-corrected chi connectivity index (χ2v) is 9.97. The minimum atomic E-state index is -2.40. The number of carbonyl (C=O) groups is 2. The molecule has 0 bridgehead atoms. The van der Waals surface area contributed by atoms with Crippen molar-refractivity contribution < 1.29 is 23.1 Å². The Morgan fingerprint density at radius 2 is 1.95 bits per heavy atom. The number of nitrogens with zero attached hydrogens (tertiary/aromatic N) is 2. The van der Waals surface area contributed by atoms with E-state index in [4.69, 9.17) is 4.74 Å². The van der Waals surface area contributed by atoms with E-state index in [-0.39, 0.29) is 30.5 Å². The van der Waals surface area contributed by atoms with Crippen LogP contribution in [0.3, 0.4) is 0 Å². The highest BCUT2D eigenvalue weighted by molar-refractivity contribution is 6.01. The molecular formula is C28H32F2N4O3. The van der Waals surface area contributed by atoms with E-state index in [0.717, 1.165) is 11.1 Å². The summed E-state index contributed by atoms with van der Waals surface area (Å²) in [6.07, 6.45) is -0.870. The number of nitrogens with one attached hydrogen (secondary N) is 2. The number of hydrogen-bond donors (Lipinski definition) is 2. The van der Waals surface area contributed by atoms with E-state index in [1.807, 2.05) is 36.4 Å². The average Bonchev–Trinajstić information content (AvgIpc) is 3.19. The normalized spacial score (nSPS) is 24.4. The lowest BCUT2D eigenvalue weighted by atomic mass is 10.0. The predicted molar refractivity (Wildman–Crippen MR) is 135 cm³/mol. The van der Waals surface area contributed by atoms with Crippen LogP contribution in [0.1, 0.15) is 40.7 Å². The summed E-state index contributed by atoms with van der Waals surface area (Å²) in [6, 6.07) is 14.8. The van der Waals surface area contributed by atoms with Gasteiger partial charge in [0.05, 0.1) is 6.54 Å². The molecule has 0 saturated carbocycles. The number of halogens is 2. The largest absolute Gasteiger partial charge is 0.487 e. The smallest absolute Gasteiger partial charge is 0.255 e. The third-order valence-electron chi connectivity index (χ3n) is 7.35. The number of alkyl halides is 2. The number of likely N-dealkylation sites (tertiary alicyclic amines) is 1. The molecule has 3 heterocycles. The monoisotopic (exact) mass is 510 g/mol. The van der Waals surface area contributed by atoms with Gasteiger partial charge in [-0.15, -0.1) is 0 Å². The van der Waals surface area contributed by atoms with Gasteiger partial charge in [0.1, 0.15) is 17.9 Å². The van der Waals surface area contributed by atoms with Crippen molar-refractivity contribution in [3.05, 3.63) is 77.5 Å². The first-order valence-electron chi connectivity index (χ1n) is 12.7. The van der Waals surface area contributed by atoms with Crippen molar-refractivity contribution in [2.75, 3.05) is 19.6 Å². The summed E-state index contributed by atoms with van der Waals surface area (Å²) in [5, 5.41) is 6.30. The first-order chi connectivity index (χ1) is 17.9. The number of hydrogen-bond acceptors (Lipinski definition) is 5. The molecule has 0 radical (unpaired) electrons. The van der Waals surface area contributed by atoms with E-state index in [1.165, 1.54) is 0 Å². The third kappa shape index (κ3) is 5.83. The number of fused-ring (bicyclic) bond motifs is 1. The second kappa shape index (κ2) is 11.0. The zero-order valence-electron chi connectivity index (χ0n) is 20.7. The van der Waals surface area contributed by atoms with E-state index >= 15 is 0 Å². The number of amides is 2. The lowest BCUT2D eigenvalue weighted by Gasteiger charge is -2.39. The second-order valence-electron chi connectivity index (χ2n) is 9.97. The molecule has 2 N–H and O–H groups in total. The molecule has 3 aliphatic heterocycles. The summed E-state index contributed by atoms with van der Waals surface area (Å²) in [6.45, 7) is 5.46. The third-order valence-corrected chi connectivity index (χ3v) is 7.35. The van der Waals surface area contributed by atoms with Gasteiger partial charge in [0.25, 0.3) is 12.3 Å². The Morgan fingerprint density at radius 1 is 1.14 bits per heavy atom. The van der Waals surface area contributed by atoms with Crippen LogP contribution in [-0.2, 0) is 17.9 Å². The van der Waals surface area contributed by atoms with Gasteiger partial charge in [-0.2, -0.15) is 0 Å². The molecule has 2 aromatic rings. The molecule has 0 aromatic heterocycles. The molecule has 3 atom stereocenters. The van der Waals surface area contributed by atoms with Crippen LogP contribution in [0.5, 0.6) is 5.75 Å². The summed E-state index contributed by atoms with van der Waals surface area (Å²) in [4.78, 5) is 28.8. The highest BCUT2D eigenvalue weighted by Gasteiger charge is 2.38. The predicted octanol–water partition coefficient (Wildman–Crippen LogP) is 3.31. The van der Waals surface area contributed by atoms with Crippen LogP contribution >= 0.6 is 0 Å². The SMILES string of the molecule is C=C1CCC(N2Cc3cc(OC4CN(CC(F)F)CCC4NCc4ccccc4)ccc3C2=O)C(=O)N1. The Hall–Kier alpha value is -3.30. The van der Waals surface area contributed by atoms with Crippen LogP contribution in [0.25, 0.3) is 0 Å². The minimum absolute atomic E-state index is 0.0143. The Balaban J connectivity index is 1.29. The molecular weight excluding hydrogens is 478 g/mol. The molecule has 7 nitrogen and oxygen atoms in total. The zero-order valence-corrected chi connectivity index (χ0v) is 20.7. The maximum absolute atomic E-state index is 13.1. The van der Waals surface area contributed by atoms with Crippen LogP contribution in [0.2, 0.25) is 0 Å². The fourth-order valence-corrected chi connectivity index (χ4v) is 5.42. The average molecular weight is 511 g/mol. The van der Waals surface area contributed by atoms with Crippen molar-refractivity contribution in [2.24, 2.45) is 0 Å². The molecule has 3 unspecified atom stereocenters. The van der Waals surface area contributed by atoms with Crippen molar-refractivity contribution in [1.29, 1.82) is 0 Å². The standard InChI is InChI=1S/C28H32F2N4O3/c1-18-7-10-24(27(35)32-18)34-15-20-13-21(8-9-22(20)28(34)36)37-25-16-33(17-26(29)30)12-11-23(25)31-14-19-5-3-2-4-6-19/h2-6,8-9,13,23-26,31H,1,7,10-12,14-17H2,(H,32,35). The Kier molecular flexibility index (Phi) is 7.53. The van der Waals surface area contributed by atoms with Gasteiger partial charge < -0.3 is 20.3 Å². The molecule has 2 aromatic carbocycles. The zero-order chi connectivity index (χ0) is 25.9. The van der Waals surface area contributed by atoms with E-state index < -0.39 is 12.5 Å². The van der Waals surface area contributed by atoms with Crippen LogP contribution in [-0.4, -0.2) is 65.9 Å². The molecule has 2 saturated heterocycles. The van der Waals surface area contributed by atoms with Gasteiger partial charge in [-0.1, -0.05) is 36.9 Å². The first kappa shape index (κ1) is 25.4. The van der Waals surface area contributed by atoms with Crippen molar-refractivity contribution in [1.82, 2.24) is 20.4 Å². The number of rotatable bonds is 8. The Morgan fingerprint density at radius 3 is 2.70 bits per heavy atom. The molecule has 3 aliphatic rings. The summed E-state index contributed by atoms with van der Waals surface area (Å²) in [5.74, 6) is 0.213. The molecule has 5 rings (SSSR count).